The highest BCUT2D eigenvalue weighted by atomic mass is 15.1. The van der Waals surface area contributed by atoms with Crippen LogP contribution in [0.15, 0.2) is 78.4 Å². The van der Waals surface area contributed by atoms with Gasteiger partial charge in [0.15, 0.2) is 0 Å². The zero-order valence-electron chi connectivity index (χ0n) is 15.2. The van der Waals surface area contributed by atoms with Crippen molar-refractivity contribution < 1.29 is 0 Å². The average Bonchev–Trinajstić information content (AvgIpc) is 2.69. The Morgan fingerprint density at radius 3 is 2.54 bits per heavy atom. The molecule has 4 nitrogen and oxygen atoms in total. The molecule has 0 bridgehead atoms. The van der Waals surface area contributed by atoms with Crippen LogP contribution in [0.5, 0.6) is 0 Å². The van der Waals surface area contributed by atoms with Gasteiger partial charge in [-0.25, -0.2) is 4.98 Å². The van der Waals surface area contributed by atoms with E-state index in [4.69, 9.17) is 0 Å². The van der Waals surface area contributed by atoms with Crippen LogP contribution >= 0.6 is 0 Å². The van der Waals surface area contributed by atoms with Crippen molar-refractivity contribution in [2.24, 2.45) is 0 Å². The van der Waals surface area contributed by atoms with Gasteiger partial charge in [0.05, 0.1) is 5.52 Å². The maximum atomic E-state index is 4.69. The quantitative estimate of drug-likeness (QED) is 0.580. The van der Waals surface area contributed by atoms with E-state index in [0.29, 0.717) is 12.5 Å². The molecule has 1 aromatic heterocycles. The normalized spacial score (nSPS) is 11.8. The third kappa shape index (κ3) is 4.70. The number of nitrogens with one attached hydrogen (secondary N) is 2. The average molecular weight is 344 g/mol. The lowest BCUT2D eigenvalue weighted by molar-refractivity contribution is 1.06. The molecule has 0 saturated heterocycles. The molecule has 0 aliphatic heterocycles. The van der Waals surface area contributed by atoms with Crippen LogP contribution < -0.4 is 10.6 Å². The van der Waals surface area contributed by atoms with Crippen LogP contribution in [0.25, 0.3) is 10.9 Å². The lowest BCUT2D eigenvalue weighted by Crippen LogP contribution is -2.09. The molecule has 0 spiro atoms. The molecule has 0 saturated carbocycles. The van der Waals surface area contributed by atoms with Gasteiger partial charge in [-0.05, 0) is 31.5 Å². The molecule has 0 radical (unpaired) electrons. The number of aromatic nitrogens is 2. The van der Waals surface area contributed by atoms with Gasteiger partial charge in [-0.1, -0.05) is 66.3 Å². The molecule has 4 heteroatoms. The van der Waals surface area contributed by atoms with Crippen LogP contribution in [-0.2, 0) is 6.54 Å². The third-order valence-corrected chi connectivity index (χ3v) is 4.00. The molecule has 0 aliphatic rings. The first-order valence-corrected chi connectivity index (χ1v) is 8.83. The summed E-state index contributed by atoms with van der Waals surface area (Å²) in [5.74, 6) is 1.48. The van der Waals surface area contributed by atoms with Gasteiger partial charge in [0.25, 0.3) is 0 Å². The predicted molar refractivity (Wildman–Crippen MR) is 110 cm³/mol. The second-order valence-corrected chi connectivity index (χ2v) is 6.14. The fourth-order valence-corrected chi connectivity index (χ4v) is 2.61. The number of nitrogens with zero attached hydrogens (tertiary/aromatic N) is 2. The van der Waals surface area contributed by atoms with Gasteiger partial charge in [-0.3, -0.25) is 0 Å². The SMILES string of the molecule is CC=CC=C(C)CNc1nc(NCc2ccccc2)nc2ccccc12. The summed E-state index contributed by atoms with van der Waals surface area (Å²) < 4.78 is 0. The summed E-state index contributed by atoms with van der Waals surface area (Å²) in [7, 11) is 0. The number of hydrogen-bond donors (Lipinski definition) is 2. The van der Waals surface area contributed by atoms with Gasteiger partial charge in [0.2, 0.25) is 5.95 Å². The molecular formula is C22H24N4. The molecule has 1 heterocycles. The first-order chi connectivity index (χ1) is 12.8. The van der Waals surface area contributed by atoms with E-state index in [1.165, 1.54) is 11.1 Å². The number of allylic oxidation sites excluding steroid dienone is 3. The highest BCUT2D eigenvalue weighted by Gasteiger charge is 2.07. The number of benzene rings is 2. The zero-order valence-corrected chi connectivity index (χ0v) is 15.2. The zero-order chi connectivity index (χ0) is 18.2. The van der Waals surface area contributed by atoms with Gasteiger partial charge in [-0.2, -0.15) is 4.98 Å². The maximum Gasteiger partial charge on any atom is 0.225 e. The maximum absolute atomic E-state index is 4.69. The number of anilines is 2. The minimum atomic E-state index is 0.630. The van der Waals surface area contributed by atoms with Gasteiger partial charge in [0, 0.05) is 18.5 Å². The van der Waals surface area contributed by atoms with Gasteiger partial charge >= 0.3 is 0 Å². The van der Waals surface area contributed by atoms with E-state index in [1.54, 1.807) is 0 Å². The molecule has 132 valence electrons. The van der Waals surface area contributed by atoms with E-state index in [-0.39, 0.29) is 0 Å². The monoisotopic (exact) mass is 344 g/mol. The first-order valence-electron chi connectivity index (χ1n) is 8.83. The molecule has 0 amide bonds. The van der Waals surface area contributed by atoms with Crippen LogP contribution in [0.3, 0.4) is 0 Å². The van der Waals surface area contributed by atoms with Crippen molar-refractivity contribution in [3.05, 3.63) is 84.0 Å². The van der Waals surface area contributed by atoms with E-state index in [9.17, 15) is 0 Å². The van der Waals surface area contributed by atoms with E-state index in [0.717, 1.165) is 23.3 Å². The van der Waals surface area contributed by atoms with Crippen molar-refractivity contribution >= 4 is 22.7 Å². The Morgan fingerprint density at radius 2 is 1.73 bits per heavy atom. The van der Waals surface area contributed by atoms with Crippen molar-refractivity contribution in [3.8, 4) is 0 Å². The number of rotatable bonds is 7. The van der Waals surface area contributed by atoms with Crippen molar-refractivity contribution in [2.45, 2.75) is 20.4 Å². The largest absolute Gasteiger partial charge is 0.366 e. The molecule has 3 rings (SSSR count). The second-order valence-electron chi connectivity index (χ2n) is 6.14. The summed E-state index contributed by atoms with van der Waals surface area (Å²) in [5, 5.41) is 7.79. The lowest BCUT2D eigenvalue weighted by atomic mass is 10.2. The summed E-state index contributed by atoms with van der Waals surface area (Å²) in [5.41, 5.74) is 3.36. The van der Waals surface area contributed by atoms with E-state index < -0.39 is 0 Å². The van der Waals surface area contributed by atoms with Gasteiger partial charge in [0.1, 0.15) is 5.82 Å². The van der Waals surface area contributed by atoms with Crippen LogP contribution in [0.4, 0.5) is 11.8 Å². The molecule has 2 aromatic carbocycles. The predicted octanol–water partition coefficient (Wildman–Crippen LogP) is 5.18. The molecule has 3 aromatic rings. The van der Waals surface area contributed by atoms with Crippen molar-refractivity contribution in [1.82, 2.24) is 9.97 Å². The Morgan fingerprint density at radius 1 is 0.962 bits per heavy atom. The highest BCUT2D eigenvalue weighted by Crippen LogP contribution is 2.22. The van der Waals surface area contributed by atoms with E-state index in [1.807, 2.05) is 61.5 Å². The summed E-state index contributed by atoms with van der Waals surface area (Å²) in [6.45, 7) is 5.55. The van der Waals surface area contributed by atoms with Crippen molar-refractivity contribution in [1.29, 1.82) is 0 Å². The van der Waals surface area contributed by atoms with Gasteiger partial charge < -0.3 is 10.6 Å². The van der Waals surface area contributed by atoms with Gasteiger partial charge in [-0.15, -0.1) is 0 Å². The lowest BCUT2D eigenvalue weighted by Gasteiger charge is -2.12. The molecule has 0 aliphatic carbocycles. The molecule has 0 fully saturated rings. The van der Waals surface area contributed by atoms with E-state index in [2.05, 4.69) is 45.7 Å². The molecule has 26 heavy (non-hydrogen) atoms. The molecule has 0 unspecified atom stereocenters. The van der Waals surface area contributed by atoms with Crippen molar-refractivity contribution in [3.63, 3.8) is 0 Å². The van der Waals surface area contributed by atoms with Crippen LogP contribution in [0.2, 0.25) is 0 Å². The summed E-state index contributed by atoms with van der Waals surface area (Å²) in [6, 6.07) is 18.3. The van der Waals surface area contributed by atoms with Crippen LogP contribution in [-0.4, -0.2) is 16.5 Å². The smallest absolute Gasteiger partial charge is 0.225 e. The first kappa shape index (κ1) is 17.7. The standard InChI is InChI=1S/C22H24N4/c1-3-4-10-17(2)15-23-21-19-13-8-9-14-20(19)25-22(26-21)24-16-18-11-6-5-7-12-18/h3-14H,15-16H2,1-2H3,(H2,23,24,25,26). The van der Waals surface area contributed by atoms with Crippen LogP contribution in [0, 0.1) is 0 Å². The Bertz CT molecular complexity index is 914. The Labute approximate surface area is 154 Å². The Kier molecular flexibility index (Phi) is 5.99. The topological polar surface area (TPSA) is 49.8 Å². The van der Waals surface area contributed by atoms with Crippen LogP contribution in [0.1, 0.15) is 19.4 Å². The Balaban J connectivity index is 1.81. The molecule has 2 N–H and O–H groups in total. The van der Waals surface area contributed by atoms with E-state index >= 15 is 0 Å². The second kappa shape index (κ2) is 8.81. The highest BCUT2D eigenvalue weighted by molar-refractivity contribution is 5.90. The molecule has 0 atom stereocenters. The number of fused-ring (bicyclic) bond motifs is 1. The fraction of sp³-hybridized carbons (Fsp3) is 0.182. The summed E-state index contributed by atoms with van der Waals surface area (Å²) >= 11 is 0. The number of para-hydroxylation sites is 1. The Hall–Kier alpha value is -3.14. The summed E-state index contributed by atoms with van der Waals surface area (Å²) in [4.78, 5) is 9.33. The minimum absolute atomic E-state index is 0.630. The van der Waals surface area contributed by atoms with Crippen molar-refractivity contribution in [2.75, 3.05) is 17.2 Å². The summed E-state index contributed by atoms with van der Waals surface area (Å²) in [6.07, 6.45) is 6.17. The fourth-order valence-electron chi connectivity index (χ4n) is 2.61. The minimum Gasteiger partial charge on any atom is -0.366 e. The molecular weight excluding hydrogens is 320 g/mol. The third-order valence-electron chi connectivity index (χ3n) is 4.00. The number of hydrogen-bond acceptors (Lipinski definition) is 4.